The molecule has 1 aromatic rings. The summed E-state index contributed by atoms with van der Waals surface area (Å²) >= 11 is 0. The van der Waals surface area contributed by atoms with E-state index in [0.29, 0.717) is 29.7 Å². The Bertz CT molecular complexity index is 832. The van der Waals surface area contributed by atoms with Crippen molar-refractivity contribution in [2.45, 2.75) is 52.0 Å². The maximum absolute atomic E-state index is 12.7. The minimum Gasteiger partial charge on any atom is -0.355 e. The highest BCUT2D eigenvalue weighted by atomic mass is 16.2. The molecule has 0 spiro atoms. The molecule has 2 fully saturated rings. The number of benzene rings is 1. The highest BCUT2D eigenvalue weighted by Gasteiger charge is 2.41. The van der Waals surface area contributed by atoms with Crippen LogP contribution in [0.3, 0.4) is 0 Å². The van der Waals surface area contributed by atoms with Crippen molar-refractivity contribution >= 4 is 23.3 Å². The number of carbonyl (C=O) groups excluding carboxylic acids is 3. The van der Waals surface area contributed by atoms with Gasteiger partial charge in [0.1, 0.15) is 5.78 Å². The van der Waals surface area contributed by atoms with Gasteiger partial charge in [-0.1, -0.05) is 13.8 Å². The van der Waals surface area contributed by atoms with Crippen LogP contribution in [0.2, 0.25) is 0 Å². The third-order valence-electron chi connectivity index (χ3n) is 6.79. The standard InChI is InChI=1S/C23H31N3O3/c1-23(2)12-17(13-23)20(27)14-25-8-6-18(7-9-25)26-19-5-4-15(22(29)24-3)10-16(19)11-21(26)28/h4-5,10,17-18H,6-9,11-14H2,1-3H3,(H,24,29). The summed E-state index contributed by atoms with van der Waals surface area (Å²) in [7, 11) is 1.61. The Balaban J connectivity index is 1.35. The molecule has 2 aliphatic heterocycles. The Kier molecular flexibility index (Phi) is 5.23. The summed E-state index contributed by atoms with van der Waals surface area (Å²) in [5, 5.41) is 2.63. The third-order valence-corrected chi connectivity index (χ3v) is 6.79. The number of ketones is 1. The molecule has 1 saturated heterocycles. The molecule has 0 unspecified atom stereocenters. The second kappa shape index (κ2) is 7.56. The van der Waals surface area contributed by atoms with Crippen LogP contribution in [0.1, 0.15) is 55.5 Å². The number of Topliss-reactive ketones (excluding diaryl/α,β-unsaturated/α-hetero) is 1. The van der Waals surface area contributed by atoms with Gasteiger partial charge in [0, 0.05) is 43.3 Å². The Morgan fingerprint density at radius 1 is 1.17 bits per heavy atom. The first kappa shape index (κ1) is 20.1. The summed E-state index contributed by atoms with van der Waals surface area (Å²) in [6.07, 6.45) is 4.15. The first-order chi connectivity index (χ1) is 13.8. The molecule has 0 atom stereocenters. The van der Waals surface area contributed by atoms with Gasteiger partial charge in [0.2, 0.25) is 5.91 Å². The van der Waals surface area contributed by atoms with Crippen molar-refractivity contribution in [2.75, 3.05) is 31.6 Å². The second-order valence-electron chi connectivity index (χ2n) is 9.61. The van der Waals surface area contributed by atoms with Crippen molar-refractivity contribution in [1.29, 1.82) is 0 Å². The summed E-state index contributed by atoms with van der Waals surface area (Å²) in [5.41, 5.74) is 2.79. The number of piperidine rings is 1. The summed E-state index contributed by atoms with van der Waals surface area (Å²) < 4.78 is 0. The number of hydrogen-bond acceptors (Lipinski definition) is 4. The van der Waals surface area contributed by atoms with E-state index in [0.717, 1.165) is 50.0 Å². The molecule has 1 aliphatic carbocycles. The lowest BCUT2D eigenvalue weighted by molar-refractivity contribution is -0.130. The van der Waals surface area contributed by atoms with E-state index in [1.165, 1.54) is 0 Å². The van der Waals surface area contributed by atoms with Crippen LogP contribution in [-0.2, 0) is 16.0 Å². The van der Waals surface area contributed by atoms with Gasteiger partial charge in [0.25, 0.3) is 5.91 Å². The van der Waals surface area contributed by atoms with Gasteiger partial charge in [-0.3, -0.25) is 19.3 Å². The van der Waals surface area contributed by atoms with Gasteiger partial charge in [-0.2, -0.15) is 0 Å². The molecule has 29 heavy (non-hydrogen) atoms. The van der Waals surface area contributed by atoms with E-state index in [-0.39, 0.29) is 23.8 Å². The molecule has 2 amide bonds. The smallest absolute Gasteiger partial charge is 0.251 e. The molecule has 0 bridgehead atoms. The van der Waals surface area contributed by atoms with Crippen LogP contribution in [0.15, 0.2) is 18.2 Å². The molecular weight excluding hydrogens is 366 g/mol. The number of nitrogens with zero attached hydrogens (tertiary/aromatic N) is 2. The maximum Gasteiger partial charge on any atom is 0.251 e. The monoisotopic (exact) mass is 397 g/mol. The minimum absolute atomic E-state index is 0.111. The molecule has 1 saturated carbocycles. The maximum atomic E-state index is 12.7. The SMILES string of the molecule is CNC(=O)c1ccc2c(c1)CC(=O)N2C1CCN(CC(=O)C2CC(C)(C)C2)CC1. The fourth-order valence-electron chi connectivity index (χ4n) is 5.22. The van der Waals surface area contributed by atoms with Crippen molar-refractivity contribution in [3.63, 3.8) is 0 Å². The normalized spacial score (nSPS) is 22.3. The van der Waals surface area contributed by atoms with E-state index in [2.05, 4.69) is 24.1 Å². The van der Waals surface area contributed by atoms with Crippen LogP contribution in [0.5, 0.6) is 0 Å². The van der Waals surface area contributed by atoms with Crippen molar-refractivity contribution in [3.05, 3.63) is 29.3 Å². The van der Waals surface area contributed by atoms with Crippen LogP contribution >= 0.6 is 0 Å². The lowest BCUT2D eigenvalue weighted by atomic mass is 9.63. The average molecular weight is 398 g/mol. The second-order valence-corrected chi connectivity index (χ2v) is 9.61. The Labute approximate surface area is 172 Å². The van der Waals surface area contributed by atoms with Crippen molar-refractivity contribution in [1.82, 2.24) is 10.2 Å². The number of carbonyl (C=O) groups is 3. The highest BCUT2D eigenvalue weighted by molar-refractivity contribution is 6.03. The number of rotatable bonds is 5. The number of amides is 2. The highest BCUT2D eigenvalue weighted by Crippen LogP contribution is 2.45. The summed E-state index contributed by atoms with van der Waals surface area (Å²) in [6.45, 7) is 6.70. The lowest BCUT2D eigenvalue weighted by Crippen LogP contribution is -2.49. The molecule has 0 radical (unpaired) electrons. The lowest BCUT2D eigenvalue weighted by Gasteiger charge is -2.43. The van der Waals surface area contributed by atoms with E-state index < -0.39 is 0 Å². The van der Waals surface area contributed by atoms with Crippen LogP contribution in [0.25, 0.3) is 0 Å². The predicted molar refractivity (Wildman–Crippen MR) is 112 cm³/mol. The molecule has 3 aliphatic rings. The molecule has 6 nitrogen and oxygen atoms in total. The third kappa shape index (κ3) is 3.95. The Hall–Kier alpha value is -2.21. The first-order valence-electron chi connectivity index (χ1n) is 10.7. The van der Waals surface area contributed by atoms with Gasteiger partial charge in [0.05, 0.1) is 13.0 Å². The van der Waals surface area contributed by atoms with Crippen LogP contribution in [-0.4, -0.2) is 55.2 Å². The molecule has 6 heteroatoms. The molecule has 2 heterocycles. The largest absolute Gasteiger partial charge is 0.355 e. The predicted octanol–water partition coefficient (Wildman–Crippen LogP) is 2.41. The topological polar surface area (TPSA) is 69.7 Å². The van der Waals surface area contributed by atoms with Gasteiger partial charge in [-0.05, 0) is 54.9 Å². The molecule has 1 N–H and O–H groups in total. The fourth-order valence-corrected chi connectivity index (χ4v) is 5.22. The van der Waals surface area contributed by atoms with Gasteiger partial charge in [-0.15, -0.1) is 0 Å². The van der Waals surface area contributed by atoms with E-state index >= 15 is 0 Å². The van der Waals surface area contributed by atoms with Gasteiger partial charge >= 0.3 is 0 Å². The minimum atomic E-state index is -0.133. The Morgan fingerprint density at radius 3 is 2.48 bits per heavy atom. The summed E-state index contributed by atoms with van der Waals surface area (Å²) in [6, 6.07) is 5.69. The average Bonchev–Trinajstić information content (AvgIpc) is 3.00. The van der Waals surface area contributed by atoms with Gasteiger partial charge in [0.15, 0.2) is 0 Å². The number of anilines is 1. The van der Waals surface area contributed by atoms with Crippen LogP contribution in [0.4, 0.5) is 5.69 Å². The number of likely N-dealkylation sites (tertiary alicyclic amines) is 1. The zero-order valence-corrected chi connectivity index (χ0v) is 17.7. The Morgan fingerprint density at radius 2 is 1.86 bits per heavy atom. The number of hydrogen-bond donors (Lipinski definition) is 1. The first-order valence-corrected chi connectivity index (χ1v) is 10.7. The number of nitrogens with one attached hydrogen (secondary N) is 1. The van der Waals surface area contributed by atoms with E-state index in [4.69, 9.17) is 0 Å². The molecule has 4 rings (SSSR count). The zero-order valence-electron chi connectivity index (χ0n) is 17.7. The number of fused-ring (bicyclic) bond motifs is 1. The summed E-state index contributed by atoms with van der Waals surface area (Å²) in [5.74, 6) is 0.600. The molecule has 156 valence electrons. The van der Waals surface area contributed by atoms with Gasteiger partial charge < -0.3 is 10.2 Å². The van der Waals surface area contributed by atoms with Crippen LogP contribution in [0, 0.1) is 11.3 Å². The fraction of sp³-hybridized carbons (Fsp3) is 0.609. The molecular formula is C23H31N3O3. The van der Waals surface area contributed by atoms with Crippen molar-refractivity contribution < 1.29 is 14.4 Å². The van der Waals surface area contributed by atoms with E-state index in [1.807, 2.05) is 17.0 Å². The van der Waals surface area contributed by atoms with Crippen molar-refractivity contribution in [3.8, 4) is 0 Å². The summed E-state index contributed by atoms with van der Waals surface area (Å²) in [4.78, 5) is 41.2. The van der Waals surface area contributed by atoms with E-state index in [1.54, 1.807) is 13.1 Å². The van der Waals surface area contributed by atoms with Gasteiger partial charge in [-0.25, -0.2) is 0 Å². The quantitative estimate of drug-likeness (QED) is 0.828. The van der Waals surface area contributed by atoms with Crippen LogP contribution < -0.4 is 10.2 Å². The van der Waals surface area contributed by atoms with Crippen molar-refractivity contribution in [2.24, 2.45) is 11.3 Å². The van der Waals surface area contributed by atoms with E-state index in [9.17, 15) is 14.4 Å². The zero-order chi connectivity index (χ0) is 20.8. The molecule has 1 aromatic carbocycles. The molecule has 0 aromatic heterocycles.